The summed E-state index contributed by atoms with van der Waals surface area (Å²) in [5, 5.41) is 9.04. The van der Waals surface area contributed by atoms with Crippen LogP contribution in [-0.4, -0.2) is 48.6 Å². The number of hydrogen-bond donors (Lipinski definition) is 1. The Balaban J connectivity index is 1.89. The molecule has 0 aromatic heterocycles. The van der Waals surface area contributed by atoms with Crippen LogP contribution in [0.5, 0.6) is 0 Å². The van der Waals surface area contributed by atoms with Gasteiger partial charge in [-0.15, -0.1) is 0 Å². The zero-order valence-electron chi connectivity index (χ0n) is 7.95. The van der Waals surface area contributed by atoms with Gasteiger partial charge in [-0.3, -0.25) is 9.59 Å². The van der Waals surface area contributed by atoms with Crippen molar-refractivity contribution in [2.75, 3.05) is 7.11 Å². The van der Waals surface area contributed by atoms with Crippen LogP contribution in [0.15, 0.2) is 0 Å². The van der Waals surface area contributed by atoms with Gasteiger partial charge in [0.25, 0.3) is 0 Å². The number of esters is 1. The maximum absolute atomic E-state index is 11.5. The fourth-order valence-corrected chi connectivity index (χ4v) is 2.50. The van der Waals surface area contributed by atoms with Crippen molar-refractivity contribution in [2.24, 2.45) is 11.8 Å². The molecule has 1 aliphatic carbocycles. The Morgan fingerprint density at radius 1 is 1.07 bits per heavy atom. The van der Waals surface area contributed by atoms with Gasteiger partial charge in [0.05, 0.1) is 7.11 Å². The molecule has 6 heteroatoms. The lowest BCUT2D eigenvalue weighted by Gasteiger charge is -2.20. The average Bonchev–Trinajstić information content (AvgIpc) is 3.01. The standard InChI is InChI=1S/C9H10O6/c1-13-9(12)3-2(8(10)11)4-6(14-4)7-5(3)15-7/h2-7H,1H3,(H,10,11)/t2-,3-,4-,5-,6-,7-/m1/s1. The van der Waals surface area contributed by atoms with Crippen molar-refractivity contribution in [1.29, 1.82) is 0 Å². The van der Waals surface area contributed by atoms with Crippen LogP contribution >= 0.6 is 0 Å². The lowest BCUT2D eigenvalue weighted by molar-refractivity contribution is -0.157. The molecule has 3 rings (SSSR count). The molecule has 1 saturated carbocycles. The molecule has 2 saturated heterocycles. The average molecular weight is 214 g/mol. The summed E-state index contributed by atoms with van der Waals surface area (Å²) >= 11 is 0. The second-order valence-corrected chi connectivity index (χ2v) is 4.04. The Morgan fingerprint density at radius 2 is 1.60 bits per heavy atom. The summed E-state index contributed by atoms with van der Waals surface area (Å²) in [6, 6.07) is 0. The van der Waals surface area contributed by atoms with Gasteiger partial charge in [-0.2, -0.15) is 0 Å². The number of fused-ring (bicyclic) bond motifs is 3. The van der Waals surface area contributed by atoms with Gasteiger partial charge in [0.15, 0.2) is 0 Å². The molecule has 82 valence electrons. The number of carbonyl (C=O) groups is 2. The van der Waals surface area contributed by atoms with Crippen molar-refractivity contribution in [1.82, 2.24) is 0 Å². The van der Waals surface area contributed by atoms with Gasteiger partial charge in [-0.1, -0.05) is 0 Å². The molecular formula is C9H10O6. The van der Waals surface area contributed by atoms with Gasteiger partial charge in [-0.25, -0.2) is 0 Å². The van der Waals surface area contributed by atoms with Crippen LogP contribution < -0.4 is 0 Å². The van der Waals surface area contributed by atoms with Crippen molar-refractivity contribution in [3.8, 4) is 0 Å². The van der Waals surface area contributed by atoms with Gasteiger partial charge in [0.1, 0.15) is 36.3 Å². The Labute approximate surface area is 85.1 Å². The van der Waals surface area contributed by atoms with E-state index in [0.717, 1.165) is 0 Å². The van der Waals surface area contributed by atoms with Crippen molar-refractivity contribution in [3.05, 3.63) is 0 Å². The highest BCUT2D eigenvalue weighted by molar-refractivity contribution is 5.83. The van der Waals surface area contributed by atoms with Crippen LogP contribution in [0, 0.1) is 11.8 Å². The lowest BCUT2D eigenvalue weighted by Crippen LogP contribution is -2.42. The number of methoxy groups -OCH3 is 1. The predicted molar refractivity (Wildman–Crippen MR) is 44.0 cm³/mol. The Bertz CT molecular complexity index is 339. The van der Waals surface area contributed by atoms with E-state index in [-0.39, 0.29) is 24.4 Å². The first kappa shape index (κ1) is 9.11. The number of ether oxygens (including phenoxy) is 3. The summed E-state index contributed by atoms with van der Waals surface area (Å²) in [6.07, 6.45) is -0.940. The quantitative estimate of drug-likeness (QED) is 0.469. The third-order valence-corrected chi connectivity index (χ3v) is 3.30. The monoisotopic (exact) mass is 214 g/mol. The lowest BCUT2D eigenvalue weighted by atomic mass is 9.79. The van der Waals surface area contributed by atoms with E-state index in [0.29, 0.717) is 0 Å². The second kappa shape index (κ2) is 2.70. The van der Waals surface area contributed by atoms with Crippen LogP contribution in [0.1, 0.15) is 0 Å². The summed E-state index contributed by atoms with van der Waals surface area (Å²) in [6.45, 7) is 0. The van der Waals surface area contributed by atoms with Crippen molar-refractivity contribution < 1.29 is 28.9 Å². The fraction of sp³-hybridized carbons (Fsp3) is 0.778. The molecule has 0 unspecified atom stereocenters. The number of aliphatic carboxylic acids is 1. The molecule has 3 aliphatic rings. The molecule has 1 N–H and O–H groups in total. The third kappa shape index (κ3) is 1.12. The maximum Gasteiger partial charge on any atom is 0.312 e. The minimum atomic E-state index is -1.02. The molecule has 6 atom stereocenters. The van der Waals surface area contributed by atoms with E-state index in [4.69, 9.17) is 14.6 Å². The molecule has 0 aromatic carbocycles. The van der Waals surface area contributed by atoms with E-state index in [9.17, 15) is 9.59 Å². The van der Waals surface area contributed by atoms with Crippen LogP contribution in [-0.2, 0) is 23.8 Å². The number of carboxylic acid groups (broad SMARTS) is 1. The van der Waals surface area contributed by atoms with Gasteiger partial charge in [0.2, 0.25) is 0 Å². The smallest absolute Gasteiger partial charge is 0.312 e. The van der Waals surface area contributed by atoms with Gasteiger partial charge in [-0.05, 0) is 0 Å². The molecule has 2 aliphatic heterocycles. The Kier molecular flexibility index (Phi) is 1.64. The summed E-state index contributed by atoms with van der Waals surface area (Å²) in [7, 11) is 1.25. The first-order valence-corrected chi connectivity index (χ1v) is 4.76. The summed E-state index contributed by atoms with van der Waals surface area (Å²) in [5.74, 6) is -3.09. The van der Waals surface area contributed by atoms with E-state index < -0.39 is 23.8 Å². The number of carbonyl (C=O) groups excluding carboxylic acids is 1. The van der Waals surface area contributed by atoms with E-state index in [1.807, 2.05) is 0 Å². The van der Waals surface area contributed by atoms with E-state index in [1.54, 1.807) is 0 Å². The number of hydrogen-bond acceptors (Lipinski definition) is 5. The second-order valence-electron chi connectivity index (χ2n) is 4.04. The molecular weight excluding hydrogens is 204 g/mol. The van der Waals surface area contributed by atoms with Crippen molar-refractivity contribution in [2.45, 2.75) is 24.4 Å². The van der Waals surface area contributed by atoms with Crippen molar-refractivity contribution in [3.63, 3.8) is 0 Å². The SMILES string of the molecule is COC(=O)[C@H]1[C@H]2O[C@H]2[C@@H]2O[C@@H]2[C@@H]1C(=O)O. The van der Waals surface area contributed by atoms with E-state index in [2.05, 4.69) is 4.74 Å². The number of rotatable bonds is 2. The Hall–Kier alpha value is -1.14. The molecule has 0 aromatic rings. The molecule has 6 nitrogen and oxygen atoms in total. The number of epoxide rings is 2. The minimum Gasteiger partial charge on any atom is -0.481 e. The minimum absolute atomic E-state index is 0.102. The van der Waals surface area contributed by atoms with Crippen LogP contribution in [0.25, 0.3) is 0 Å². The molecule has 0 amide bonds. The largest absolute Gasteiger partial charge is 0.481 e. The fourth-order valence-electron chi connectivity index (χ4n) is 2.50. The van der Waals surface area contributed by atoms with E-state index >= 15 is 0 Å². The van der Waals surface area contributed by atoms with Gasteiger partial charge >= 0.3 is 11.9 Å². The highest BCUT2D eigenvalue weighted by Gasteiger charge is 2.72. The third-order valence-electron chi connectivity index (χ3n) is 3.30. The predicted octanol–water partition coefficient (Wildman–Crippen LogP) is -0.975. The summed E-state index contributed by atoms with van der Waals surface area (Å²) < 4.78 is 15.1. The molecule has 3 fully saturated rings. The Morgan fingerprint density at radius 3 is 2.07 bits per heavy atom. The zero-order valence-corrected chi connectivity index (χ0v) is 7.95. The maximum atomic E-state index is 11.5. The number of carboxylic acids is 1. The van der Waals surface area contributed by atoms with Gasteiger partial charge in [0, 0.05) is 0 Å². The molecule has 2 heterocycles. The first-order chi connectivity index (χ1) is 7.15. The summed E-state index contributed by atoms with van der Waals surface area (Å²) in [5.41, 5.74) is 0. The molecule has 0 bridgehead atoms. The topological polar surface area (TPSA) is 88.7 Å². The van der Waals surface area contributed by atoms with Crippen LogP contribution in [0.4, 0.5) is 0 Å². The van der Waals surface area contributed by atoms with E-state index in [1.165, 1.54) is 7.11 Å². The zero-order chi connectivity index (χ0) is 10.7. The first-order valence-electron chi connectivity index (χ1n) is 4.76. The molecule has 0 spiro atoms. The van der Waals surface area contributed by atoms with Crippen LogP contribution in [0.3, 0.4) is 0 Å². The summed E-state index contributed by atoms with van der Waals surface area (Å²) in [4.78, 5) is 22.5. The highest BCUT2D eigenvalue weighted by Crippen LogP contribution is 2.54. The van der Waals surface area contributed by atoms with Gasteiger partial charge < -0.3 is 19.3 Å². The van der Waals surface area contributed by atoms with Crippen molar-refractivity contribution >= 4 is 11.9 Å². The molecule has 0 radical (unpaired) electrons. The normalized spacial score (nSPS) is 49.9. The highest BCUT2D eigenvalue weighted by atomic mass is 16.7. The molecule has 15 heavy (non-hydrogen) atoms. The van der Waals surface area contributed by atoms with Crippen LogP contribution in [0.2, 0.25) is 0 Å².